The van der Waals surface area contributed by atoms with Gasteiger partial charge >= 0.3 is 0 Å². The molecule has 0 radical (unpaired) electrons. The Hall–Kier alpha value is -0.300. The van der Waals surface area contributed by atoms with Crippen molar-refractivity contribution in [2.75, 3.05) is 0 Å². The van der Waals surface area contributed by atoms with E-state index in [0.717, 1.165) is 25.2 Å². The van der Waals surface area contributed by atoms with E-state index in [1.54, 1.807) is 0 Å². The standard InChI is InChI=1S/C10H18O/c1-3-4-7-10(2,11)8-9-5-6-9/h3,9,11H,1,4-8H2,2H3. The van der Waals surface area contributed by atoms with Crippen LogP contribution in [0.15, 0.2) is 12.7 Å². The third kappa shape index (κ3) is 3.57. The summed E-state index contributed by atoms with van der Waals surface area (Å²) >= 11 is 0. The first-order valence-corrected chi connectivity index (χ1v) is 4.47. The first-order valence-electron chi connectivity index (χ1n) is 4.47. The highest BCUT2D eigenvalue weighted by Crippen LogP contribution is 2.38. The van der Waals surface area contributed by atoms with E-state index in [-0.39, 0.29) is 0 Å². The van der Waals surface area contributed by atoms with Crippen LogP contribution in [0.5, 0.6) is 0 Å². The molecule has 1 fully saturated rings. The lowest BCUT2D eigenvalue weighted by Crippen LogP contribution is -2.24. The topological polar surface area (TPSA) is 20.2 Å². The van der Waals surface area contributed by atoms with E-state index in [1.807, 2.05) is 13.0 Å². The Morgan fingerprint density at radius 1 is 1.64 bits per heavy atom. The van der Waals surface area contributed by atoms with Crippen molar-refractivity contribution in [3.63, 3.8) is 0 Å². The summed E-state index contributed by atoms with van der Waals surface area (Å²) in [5, 5.41) is 9.81. The van der Waals surface area contributed by atoms with Crippen LogP contribution in [0.25, 0.3) is 0 Å². The van der Waals surface area contributed by atoms with Gasteiger partial charge in [-0.3, -0.25) is 0 Å². The Morgan fingerprint density at radius 3 is 2.73 bits per heavy atom. The van der Waals surface area contributed by atoms with E-state index < -0.39 is 5.60 Å². The van der Waals surface area contributed by atoms with Crippen LogP contribution in [0.3, 0.4) is 0 Å². The summed E-state index contributed by atoms with van der Waals surface area (Å²) in [7, 11) is 0. The summed E-state index contributed by atoms with van der Waals surface area (Å²) in [5.41, 5.74) is -0.435. The Bertz CT molecular complexity index is 134. The number of rotatable bonds is 5. The minimum atomic E-state index is -0.435. The quantitative estimate of drug-likeness (QED) is 0.603. The van der Waals surface area contributed by atoms with Gasteiger partial charge in [-0.1, -0.05) is 18.9 Å². The summed E-state index contributed by atoms with van der Waals surface area (Å²) in [6, 6.07) is 0. The Kier molecular flexibility index (Phi) is 2.72. The van der Waals surface area contributed by atoms with Crippen molar-refractivity contribution in [3.8, 4) is 0 Å². The van der Waals surface area contributed by atoms with Gasteiger partial charge in [-0.05, 0) is 32.1 Å². The highest BCUT2D eigenvalue weighted by Gasteiger charge is 2.30. The summed E-state index contributed by atoms with van der Waals surface area (Å²) in [6.07, 6.45) is 7.31. The zero-order valence-electron chi connectivity index (χ0n) is 7.34. The Balaban J connectivity index is 2.18. The minimum Gasteiger partial charge on any atom is -0.390 e. The van der Waals surface area contributed by atoms with Crippen molar-refractivity contribution in [1.82, 2.24) is 0 Å². The second kappa shape index (κ2) is 3.40. The molecule has 11 heavy (non-hydrogen) atoms. The van der Waals surface area contributed by atoms with E-state index in [2.05, 4.69) is 6.58 Å². The fourth-order valence-electron chi connectivity index (χ4n) is 1.46. The molecule has 0 amide bonds. The van der Waals surface area contributed by atoms with Crippen molar-refractivity contribution in [1.29, 1.82) is 0 Å². The van der Waals surface area contributed by atoms with Crippen LogP contribution in [0.2, 0.25) is 0 Å². The molecule has 1 rings (SSSR count). The van der Waals surface area contributed by atoms with Gasteiger partial charge in [0.2, 0.25) is 0 Å². The van der Waals surface area contributed by atoms with Crippen molar-refractivity contribution < 1.29 is 5.11 Å². The van der Waals surface area contributed by atoms with Crippen molar-refractivity contribution in [2.45, 2.75) is 44.6 Å². The molecule has 0 aromatic rings. The molecule has 0 aliphatic heterocycles. The monoisotopic (exact) mass is 154 g/mol. The summed E-state index contributed by atoms with van der Waals surface area (Å²) < 4.78 is 0. The normalized spacial score (nSPS) is 22.7. The molecule has 1 unspecified atom stereocenters. The van der Waals surface area contributed by atoms with Gasteiger partial charge in [0.25, 0.3) is 0 Å². The fourth-order valence-corrected chi connectivity index (χ4v) is 1.46. The number of allylic oxidation sites excluding steroid dienone is 1. The summed E-state index contributed by atoms with van der Waals surface area (Å²) in [5.74, 6) is 0.815. The van der Waals surface area contributed by atoms with Crippen LogP contribution in [0, 0.1) is 5.92 Å². The van der Waals surface area contributed by atoms with Crippen LogP contribution >= 0.6 is 0 Å². The second-order valence-electron chi connectivity index (χ2n) is 3.97. The average Bonchev–Trinajstić information content (AvgIpc) is 2.67. The predicted octanol–water partition coefficient (Wildman–Crippen LogP) is 2.50. The molecule has 1 aliphatic carbocycles. The SMILES string of the molecule is C=CCCC(C)(O)CC1CC1. The maximum Gasteiger partial charge on any atom is 0.0625 e. The molecular formula is C10H18O. The number of aliphatic hydroxyl groups is 1. The molecule has 0 aromatic carbocycles. The molecular weight excluding hydrogens is 136 g/mol. The van der Waals surface area contributed by atoms with Gasteiger partial charge in [0.1, 0.15) is 0 Å². The summed E-state index contributed by atoms with van der Waals surface area (Å²) in [6.45, 7) is 5.59. The van der Waals surface area contributed by atoms with Crippen molar-refractivity contribution in [2.24, 2.45) is 5.92 Å². The second-order valence-corrected chi connectivity index (χ2v) is 3.97. The highest BCUT2D eigenvalue weighted by atomic mass is 16.3. The first-order chi connectivity index (χ1) is 5.14. The Labute approximate surface area is 69.1 Å². The molecule has 0 saturated heterocycles. The zero-order chi connectivity index (χ0) is 8.32. The molecule has 1 nitrogen and oxygen atoms in total. The molecule has 0 heterocycles. The van der Waals surface area contributed by atoms with E-state index in [4.69, 9.17) is 0 Å². The molecule has 1 N–H and O–H groups in total. The van der Waals surface area contributed by atoms with E-state index in [1.165, 1.54) is 12.8 Å². The van der Waals surface area contributed by atoms with Crippen molar-refractivity contribution >= 4 is 0 Å². The van der Waals surface area contributed by atoms with E-state index >= 15 is 0 Å². The molecule has 1 aliphatic rings. The Morgan fingerprint density at radius 2 is 2.27 bits per heavy atom. The van der Waals surface area contributed by atoms with Gasteiger partial charge in [-0.25, -0.2) is 0 Å². The molecule has 0 bridgehead atoms. The van der Waals surface area contributed by atoms with Crippen LogP contribution in [0.1, 0.15) is 39.0 Å². The lowest BCUT2D eigenvalue weighted by Gasteiger charge is -2.22. The molecule has 1 atom stereocenters. The fraction of sp³-hybridized carbons (Fsp3) is 0.800. The third-order valence-electron chi connectivity index (χ3n) is 2.31. The number of hydrogen-bond acceptors (Lipinski definition) is 1. The lowest BCUT2D eigenvalue weighted by atomic mass is 9.94. The first kappa shape index (κ1) is 8.79. The number of hydrogen-bond donors (Lipinski definition) is 1. The van der Waals surface area contributed by atoms with Crippen LogP contribution in [0.4, 0.5) is 0 Å². The average molecular weight is 154 g/mol. The molecule has 0 spiro atoms. The maximum atomic E-state index is 9.81. The van der Waals surface area contributed by atoms with E-state index in [9.17, 15) is 5.11 Å². The van der Waals surface area contributed by atoms with Gasteiger partial charge in [-0.15, -0.1) is 6.58 Å². The molecule has 1 saturated carbocycles. The van der Waals surface area contributed by atoms with E-state index in [0.29, 0.717) is 0 Å². The zero-order valence-corrected chi connectivity index (χ0v) is 7.34. The van der Waals surface area contributed by atoms with Crippen LogP contribution < -0.4 is 0 Å². The predicted molar refractivity (Wildman–Crippen MR) is 47.4 cm³/mol. The van der Waals surface area contributed by atoms with Gasteiger partial charge in [0.15, 0.2) is 0 Å². The highest BCUT2D eigenvalue weighted by molar-refractivity contribution is 4.85. The largest absolute Gasteiger partial charge is 0.390 e. The van der Waals surface area contributed by atoms with Gasteiger partial charge in [0, 0.05) is 0 Å². The maximum absolute atomic E-state index is 9.81. The van der Waals surface area contributed by atoms with Gasteiger partial charge in [0.05, 0.1) is 5.60 Å². The van der Waals surface area contributed by atoms with Crippen LogP contribution in [-0.2, 0) is 0 Å². The molecule has 1 heteroatoms. The smallest absolute Gasteiger partial charge is 0.0625 e. The molecule has 64 valence electrons. The third-order valence-corrected chi connectivity index (χ3v) is 2.31. The minimum absolute atomic E-state index is 0.435. The molecule has 0 aromatic heterocycles. The van der Waals surface area contributed by atoms with Gasteiger partial charge < -0.3 is 5.11 Å². The summed E-state index contributed by atoms with van der Waals surface area (Å²) in [4.78, 5) is 0. The van der Waals surface area contributed by atoms with Crippen LogP contribution in [-0.4, -0.2) is 10.7 Å². The van der Waals surface area contributed by atoms with Crippen molar-refractivity contribution in [3.05, 3.63) is 12.7 Å². The van der Waals surface area contributed by atoms with Gasteiger partial charge in [-0.2, -0.15) is 0 Å². The lowest BCUT2D eigenvalue weighted by molar-refractivity contribution is 0.0374.